The number of nitrogens with one attached hydrogen (secondary N) is 1. The van der Waals surface area contributed by atoms with Crippen molar-refractivity contribution in [1.29, 1.82) is 0 Å². The van der Waals surface area contributed by atoms with E-state index in [1.165, 1.54) is 12.8 Å². The molecule has 3 aromatic heterocycles. The first-order chi connectivity index (χ1) is 15.5. The third-order valence-corrected chi connectivity index (χ3v) is 6.58. The fourth-order valence-corrected chi connectivity index (χ4v) is 4.87. The molecule has 32 heavy (non-hydrogen) atoms. The monoisotopic (exact) mass is 467 g/mol. The zero-order chi connectivity index (χ0) is 22.1. The molecule has 8 heteroatoms. The van der Waals surface area contributed by atoms with Crippen LogP contribution in [0.2, 0.25) is 5.02 Å². The van der Waals surface area contributed by atoms with E-state index >= 15 is 0 Å². The molecule has 1 fully saturated rings. The molecule has 166 valence electrons. The summed E-state index contributed by atoms with van der Waals surface area (Å²) in [5, 5.41) is 3.72. The zero-order valence-corrected chi connectivity index (χ0v) is 19.8. The average Bonchev–Trinajstić information content (AvgIpc) is 3.52. The van der Waals surface area contributed by atoms with Crippen molar-refractivity contribution in [1.82, 2.24) is 19.9 Å². The molecule has 0 unspecified atom stereocenters. The Labute approximate surface area is 196 Å². The van der Waals surface area contributed by atoms with Crippen molar-refractivity contribution in [2.45, 2.75) is 33.1 Å². The van der Waals surface area contributed by atoms with Gasteiger partial charge in [-0.05, 0) is 49.1 Å². The lowest BCUT2D eigenvalue weighted by atomic mass is 10.1. The largest absolute Gasteiger partial charge is 0.493 e. The highest BCUT2D eigenvalue weighted by atomic mass is 35.5. The number of aromatic amines is 1. The summed E-state index contributed by atoms with van der Waals surface area (Å²) in [6.07, 6.45) is 3.12. The van der Waals surface area contributed by atoms with Crippen LogP contribution in [-0.2, 0) is 6.42 Å². The minimum absolute atomic E-state index is 0.456. The molecule has 1 saturated heterocycles. The molecule has 4 aromatic rings. The maximum atomic E-state index is 6.25. The molecule has 0 saturated carbocycles. The van der Waals surface area contributed by atoms with Crippen LogP contribution < -0.4 is 9.64 Å². The Balaban J connectivity index is 1.37. The lowest BCUT2D eigenvalue weighted by Crippen LogP contribution is -2.18. The highest BCUT2D eigenvalue weighted by Gasteiger charge is 2.16. The van der Waals surface area contributed by atoms with Crippen molar-refractivity contribution in [2.24, 2.45) is 5.92 Å². The van der Waals surface area contributed by atoms with Crippen LogP contribution in [0.15, 0.2) is 35.7 Å². The molecule has 0 bridgehead atoms. The van der Waals surface area contributed by atoms with Gasteiger partial charge in [-0.3, -0.25) is 0 Å². The van der Waals surface area contributed by atoms with Crippen LogP contribution >= 0.6 is 22.9 Å². The molecule has 6 nitrogen and oxygen atoms in total. The third-order valence-electron chi connectivity index (χ3n) is 5.49. The summed E-state index contributed by atoms with van der Waals surface area (Å²) in [4.78, 5) is 20.0. The van der Waals surface area contributed by atoms with Crippen LogP contribution in [0, 0.1) is 5.92 Å². The summed E-state index contributed by atoms with van der Waals surface area (Å²) in [5.74, 6) is 3.07. The first-order valence-corrected chi connectivity index (χ1v) is 12.3. The second-order valence-electron chi connectivity index (χ2n) is 8.58. The van der Waals surface area contributed by atoms with Crippen LogP contribution in [0.4, 0.5) is 5.82 Å². The molecule has 0 aliphatic carbocycles. The summed E-state index contributed by atoms with van der Waals surface area (Å²) in [7, 11) is 0. The summed E-state index contributed by atoms with van der Waals surface area (Å²) >= 11 is 7.87. The Morgan fingerprint density at radius 1 is 1.12 bits per heavy atom. The molecule has 0 radical (unpaired) electrons. The van der Waals surface area contributed by atoms with Crippen LogP contribution in [0.3, 0.4) is 0 Å². The lowest BCUT2D eigenvalue weighted by Gasteiger charge is -2.15. The number of ether oxygens (including phenoxy) is 1. The van der Waals surface area contributed by atoms with Gasteiger partial charge in [0.15, 0.2) is 11.5 Å². The maximum absolute atomic E-state index is 6.25. The van der Waals surface area contributed by atoms with Crippen LogP contribution in [0.5, 0.6) is 5.75 Å². The summed E-state index contributed by atoms with van der Waals surface area (Å²) in [6, 6.07) is 9.90. The number of imidazole rings is 1. The number of pyridine rings is 1. The predicted octanol–water partition coefficient (Wildman–Crippen LogP) is 5.96. The van der Waals surface area contributed by atoms with Gasteiger partial charge in [0.25, 0.3) is 0 Å². The molecular weight excluding hydrogens is 442 g/mol. The summed E-state index contributed by atoms with van der Waals surface area (Å²) < 4.78 is 6.00. The van der Waals surface area contributed by atoms with E-state index in [4.69, 9.17) is 31.3 Å². The van der Waals surface area contributed by atoms with Crippen molar-refractivity contribution in [3.63, 3.8) is 0 Å². The van der Waals surface area contributed by atoms with Gasteiger partial charge in [-0.1, -0.05) is 25.4 Å². The van der Waals surface area contributed by atoms with Crippen molar-refractivity contribution in [2.75, 3.05) is 24.6 Å². The minimum atomic E-state index is 0.456. The number of rotatable bonds is 7. The second-order valence-corrected chi connectivity index (χ2v) is 9.96. The lowest BCUT2D eigenvalue weighted by molar-refractivity contribution is 0.269. The van der Waals surface area contributed by atoms with Gasteiger partial charge in [-0.15, -0.1) is 11.3 Å². The normalized spacial score (nSPS) is 14.1. The highest BCUT2D eigenvalue weighted by Crippen LogP contribution is 2.29. The molecule has 5 rings (SSSR count). The first kappa shape index (κ1) is 21.2. The van der Waals surface area contributed by atoms with Crippen LogP contribution in [0.1, 0.15) is 37.3 Å². The van der Waals surface area contributed by atoms with E-state index in [0.29, 0.717) is 24.0 Å². The van der Waals surface area contributed by atoms with Gasteiger partial charge in [-0.2, -0.15) is 0 Å². The molecule has 0 amide bonds. The van der Waals surface area contributed by atoms with E-state index < -0.39 is 0 Å². The van der Waals surface area contributed by atoms with Gasteiger partial charge >= 0.3 is 0 Å². The number of hydrogen-bond donors (Lipinski definition) is 1. The van der Waals surface area contributed by atoms with Gasteiger partial charge in [0.2, 0.25) is 0 Å². The van der Waals surface area contributed by atoms with Gasteiger partial charge in [0.1, 0.15) is 17.3 Å². The number of H-pyrrole nitrogens is 1. The highest BCUT2D eigenvalue weighted by molar-refractivity contribution is 7.10. The van der Waals surface area contributed by atoms with Gasteiger partial charge in [0, 0.05) is 35.5 Å². The van der Waals surface area contributed by atoms with E-state index in [-0.39, 0.29) is 0 Å². The number of aromatic nitrogens is 4. The SMILES string of the molecule is CC(C)COc1ccc(Cl)cc1Cc1nc(-c2nc3nc(N4CCCC4)ccc3[nH]2)cs1. The number of halogens is 1. The number of thiazole rings is 1. The number of anilines is 1. The molecular formula is C24H26ClN5OS. The molecule has 1 aliphatic heterocycles. The van der Waals surface area contributed by atoms with E-state index in [2.05, 4.69) is 35.9 Å². The van der Waals surface area contributed by atoms with Gasteiger partial charge < -0.3 is 14.6 Å². The molecule has 1 N–H and O–H groups in total. The summed E-state index contributed by atoms with van der Waals surface area (Å²) in [5.41, 5.74) is 3.54. The molecule has 4 heterocycles. The molecule has 1 aliphatic rings. The zero-order valence-electron chi connectivity index (χ0n) is 18.3. The summed E-state index contributed by atoms with van der Waals surface area (Å²) in [6.45, 7) is 7.08. The predicted molar refractivity (Wildman–Crippen MR) is 131 cm³/mol. The Kier molecular flexibility index (Phi) is 6.02. The Morgan fingerprint density at radius 2 is 1.97 bits per heavy atom. The maximum Gasteiger partial charge on any atom is 0.180 e. The minimum Gasteiger partial charge on any atom is -0.493 e. The van der Waals surface area contributed by atoms with Crippen molar-refractivity contribution < 1.29 is 4.74 Å². The van der Waals surface area contributed by atoms with E-state index in [1.54, 1.807) is 11.3 Å². The molecule has 0 spiro atoms. The number of benzene rings is 1. The van der Waals surface area contributed by atoms with E-state index in [1.807, 2.05) is 23.6 Å². The van der Waals surface area contributed by atoms with E-state index in [0.717, 1.165) is 57.9 Å². The Bertz CT molecular complexity index is 1230. The van der Waals surface area contributed by atoms with Crippen LogP contribution in [0.25, 0.3) is 22.7 Å². The number of nitrogens with zero attached hydrogens (tertiary/aromatic N) is 4. The topological polar surface area (TPSA) is 66.9 Å². The standard InChI is InChI=1S/C24H26ClN5OS/c1-15(2)13-31-20-7-5-17(25)11-16(20)12-22-26-19(14-32-22)24-27-18-6-8-21(28-23(18)29-24)30-9-3-4-10-30/h5-8,11,14-15H,3-4,9-10,12-13H2,1-2H3,(H,27,28,29). The van der Waals surface area contributed by atoms with E-state index in [9.17, 15) is 0 Å². The molecule has 1 aromatic carbocycles. The fourth-order valence-electron chi connectivity index (χ4n) is 3.87. The Morgan fingerprint density at radius 3 is 2.78 bits per heavy atom. The second kappa shape index (κ2) is 9.08. The first-order valence-electron chi connectivity index (χ1n) is 11.0. The van der Waals surface area contributed by atoms with Crippen molar-refractivity contribution in [3.05, 3.63) is 51.3 Å². The van der Waals surface area contributed by atoms with Gasteiger partial charge in [-0.25, -0.2) is 15.0 Å². The van der Waals surface area contributed by atoms with Gasteiger partial charge in [0.05, 0.1) is 17.1 Å². The quantitative estimate of drug-likeness (QED) is 0.363. The fraction of sp³-hybridized carbons (Fsp3) is 0.375. The smallest absolute Gasteiger partial charge is 0.180 e. The van der Waals surface area contributed by atoms with Crippen molar-refractivity contribution >= 4 is 39.9 Å². The average molecular weight is 468 g/mol. The van der Waals surface area contributed by atoms with Crippen LogP contribution in [-0.4, -0.2) is 39.6 Å². The number of fused-ring (bicyclic) bond motifs is 1. The Hall–Kier alpha value is -2.64. The third kappa shape index (κ3) is 4.59. The molecule has 0 atom stereocenters. The number of hydrogen-bond acceptors (Lipinski definition) is 6. The van der Waals surface area contributed by atoms with Crippen molar-refractivity contribution in [3.8, 4) is 17.3 Å².